The molecule has 6 nitrogen and oxygen atoms in total. The van der Waals surface area contributed by atoms with E-state index in [-0.39, 0.29) is 31.7 Å². The number of nitrogens with one attached hydrogen (secondary N) is 1. The molecule has 0 radical (unpaired) electrons. The maximum atomic E-state index is 13.1. The van der Waals surface area contributed by atoms with E-state index in [0.717, 1.165) is 16.9 Å². The summed E-state index contributed by atoms with van der Waals surface area (Å²) in [6.07, 6.45) is 0.0227. The predicted molar refractivity (Wildman–Crippen MR) is 121 cm³/mol. The molecule has 0 fully saturated rings. The van der Waals surface area contributed by atoms with Crippen molar-refractivity contribution in [3.8, 4) is 5.75 Å². The van der Waals surface area contributed by atoms with Gasteiger partial charge in [0, 0.05) is 25.1 Å². The number of carbonyl (C=O) groups is 2. The van der Waals surface area contributed by atoms with Crippen LogP contribution in [0.1, 0.15) is 21.5 Å². The summed E-state index contributed by atoms with van der Waals surface area (Å²) in [6, 6.07) is 22.5. The fourth-order valence-corrected chi connectivity index (χ4v) is 3.68. The first-order chi connectivity index (χ1) is 16.1. The van der Waals surface area contributed by atoms with Gasteiger partial charge in [0.1, 0.15) is 24.3 Å². The van der Waals surface area contributed by atoms with Crippen LogP contribution in [0.4, 0.5) is 9.18 Å². The average Bonchev–Trinajstić information content (AvgIpc) is 3.25. The van der Waals surface area contributed by atoms with Crippen molar-refractivity contribution in [2.75, 3.05) is 19.6 Å². The molecule has 0 saturated heterocycles. The van der Waals surface area contributed by atoms with Crippen molar-refractivity contribution >= 4 is 12.0 Å². The molecule has 1 aliphatic rings. The zero-order valence-electron chi connectivity index (χ0n) is 18.1. The standard InChI is InChI=1S/C26H25FN2O4/c27-22-12-10-20(11-13-22)25(30)28-14-15-29(26(31)32-18-19-6-2-1-3-7-19)17-23-16-21-8-4-5-9-24(21)33-23/h1-13,23H,14-18H2,(H,28,30). The smallest absolute Gasteiger partial charge is 0.410 e. The van der Waals surface area contributed by atoms with Crippen molar-refractivity contribution in [1.82, 2.24) is 10.2 Å². The molecule has 0 saturated carbocycles. The van der Waals surface area contributed by atoms with Gasteiger partial charge in [0.2, 0.25) is 0 Å². The van der Waals surface area contributed by atoms with E-state index in [0.29, 0.717) is 18.5 Å². The van der Waals surface area contributed by atoms with Gasteiger partial charge < -0.3 is 19.7 Å². The van der Waals surface area contributed by atoms with Gasteiger partial charge in [0.05, 0.1) is 6.54 Å². The monoisotopic (exact) mass is 448 g/mol. The van der Waals surface area contributed by atoms with Crippen molar-refractivity contribution in [2.45, 2.75) is 19.1 Å². The van der Waals surface area contributed by atoms with Crippen LogP contribution in [-0.4, -0.2) is 42.6 Å². The van der Waals surface area contributed by atoms with E-state index in [1.165, 1.54) is 24.3 Å². The third-order valence-corrected chi connectivity index (χ3v) is 5.37. The zero-order chi connectivity index (χ0) is 23.0. The van der Waals surface area contributed by atoms with Crippen LogP contribution >= 0.6 is 0 Å². The van der Waals surface area contributed by atoms with Gasteiger partial charge in [-0.15, -0.1) is 0 Å². The number of amides is 2. The second-order valence-electron chi connectivity index (χ2n) is 7.80. The lowest BCUT2D eigenvalue weighted by Gasteiger charge is -2.25. The highest BCUT2D eigenvalue weighted by Gasteiger charge is 2.27. The summed E-state index contributed by atoms with van der Waals surface area (Å²) in [6.45, 7) is 0.950. The fraction of sp³-hybridized carbons (Fsp3) is 0.231. The quantitative estimate of drug-likeness (QED) is 0.561. The van der Waals surface area contributed by atoms with Gasteiger partial charge in [-0.2, -0.15) is 0 Å². The number of halogens is 1. The number of carbonyl (C=O) groups excluding carboxylic acids is 2. The van der Waals surface area contributed by atoms with Crippen LogP contribution < -0.4 is 10.1 Å². The van der Waals surface area contributed by atoms with Gasteiger partial charge in [0.25, 0.3) is 5.91 Å². The lowest BCUT2D eigenvalue weighted by Crippen LogP contribution is -2.43. The van der Waals surface area contributed by atoms with Crippen molar-refractivity contribution < 1.29 is 23.5 Å². The van der Waals surface area contributed by atoms with E-state index in [4.69, 9.17) is 9.47 Å². The molecule has 1 aliphatic heterocycles. The second kappa shape index (κ2) is 10.6. The summed E-state index contributed by atoms with van der Waals surface area (Å²) in [5.74, 6) is 0.0817. The summed E-state index contributed by atoms with van der Waals surface area (Å²) in [7, 11) is 0. The minimum atomic E-state index is -0.477. The Kier molecular flexibility index (Phi) is 7.19. The van der Waals surface area contributed by atoms with Gasteiger partial charge >= 0.3 is 6.09 Å². The number of para-hydroxylation sites is 1. The van der Waals surface area contributed by atoms with Crippen LogP contribution in [-0.2, 0) is 17.8 Å². The van der Waals surface area contributed by atoms with Crippen LogP contribution in [0.3, 0.4) is 0 Å². The Morgan fingerprint density at radius 1 is 1.00 bits per heavy atom. The second-order valence-corrected chi connectivity index (χ2v) is 7.80. The topological polar surface area (TPSA) is 67.9 Å². The number of hydrogen-bond acceptors (Lipinski definition) is 4. The molecular weight excluding hydrogens is 423 g/mol. The van der Waals surface area contributed by atoms with E-state index in [2.05, 4.69) is 5.32 Å². The molecule has 1 unspecified atom stereocenters. The highest BCUT2D eigenvalue weighted by atomic mass is 19.1. The summed E-state index contributed by atoms with van der Waals surface area (Å²) < 4.78 is 24.6. The van der Waals surface area contributed by atoms with E-state index in [9.17, 15) is 14.0 Å². The molecule has 33 heavy (non-hydrogen) atoms. The third kappa shape index (κ3) is 6.10. The molecule has 3 aromatic carbocycles. The summed E-state index contributed by atoms with van der Waals surface area (Å²) in [5, 5.41) is 2.77. The molecule has 4 rings (SSSR count). The molecule has 7 heteroatoms. The number of ether oxygens (including phenoxy) is 2. The molecule has 0 bridgehead atoms. The highest BCUT2D eigenvalue weighted by Crippen LogP contribution is 2.28. The van der Waals surface area contributed by atoms with E-state index < -0.39 is 11.9 Å². The summed E-state index contributed by atoms with van der Waals surface area (Å²) in [5.41, 5.74) is 2.34. The number of nitrogens with zero attached hydrogens (tertiary/aromatic N) is 1. The van der Waals surface area contributed by atoms with Crippen LogP contribution in [0.25, 0.3) is 0 Å². The zero-order valence-corrected chi connectivity index (χ0v) is 18.1. The Morgan fingerprint density at radius 2 is 1.73 bits per heavy atom. The SMILES string of the molecule is O=C(NCCN(CC1Cc2ccccc2O1)C(=O)OCc1ccccc1)c1ccc(F)cc1. The Morgan fingerprint density at radius 3 is 2.48 bits per heavy atom. The van der Waals surface area contributed by atoms with Gasteiger partial charge in [-0.3, -0.25) is 4.79 Å². The van der Waals surface area contributed by atoms with Crippen molar-refractivity contribution in [1.29, 1.82) is 0 Å². The van der Waals surface area contributed by atoms with Gasteiger partial charge in [-0.05, 0) is 41.5 Å². The first-order valence-electron chi connectivity index (χ1n) is 10.8. The lowest BCUT2D eigenvalue weighted by atomic mass is 10.1. The van der Waals surface area contributed by atoms with E-state index >= 15 is 0 Å². The number of hydrogen-bond donors (Lipinski definition) is 1. The first-order valence-corrected chi connectivity index (χ1v) is 10.8. The molecule has 1 heterocycles. The Hall–Kier alpha value is -3.87. The highest BCUT2D eigenvalue weighted by molar-refractivity contribution is 5.94. The normalized spacial score (nSPS) is 14.2. The first kappa shape index (κ1) is 22.3. The Bertz CT molecular complexity index is 1060. The summed E-state index contributed by atoms with van der Waals surface area (Å²) in [4.78, 5) is 26.7. The molecule has 1 atom stereocenters. The number of rotatable bonds is 8. The van der Waals surface area contributed by atoms with Crippen LogP contribution in [0.5, 0.6) is 5.75 Å². The molecule has 170 valence electrons. The maximum absolute atomic E-state index is 13.1. The number of fused-ring (bicyclic) bond motifs is 1. The third-order valence-electron chi connectivity index (χ3n) is 5.37. The largest absolute Gasteiger partial charge is 0.488 e. The Labute approximate surface area is 191 Å². The molecule has 2 amide bonds. The van der Waals surface area contributed by atoms with Crippen LogP contribution in [0.2, 0.25) is 0 Å². The van der Waals surface area contributed by atoms with Crippen LogP contribution in [0, 0.1) is 5.82 Å². The molecule has 0 aliphatic carbocycles. The van der Waals surface area contributed by atoms with Gasteiger partial charge in [0.15, 0.2) is 0 Å². The molecule has 0 aromatic heterocycles. The molecule has 1 N–H and O–H groups in total. The summed E-state index contributed by atoms with van der Waals surface area (Å²) >= 11 is 0. The van der Waals surface area contributed by atoms with Gasteiger partial charge in [-0.25, -0.2) is 9.18 Å². The lowest BCUT2D eigenvalue weighted by molar-refractivity contribution is 0.0779. The van der Waals surface area contributed by atoms with Crippen molar-refractivity contribution in [3.05, 3.63) is 101 Å². The van der Waals surface area contributed by atoms with Gasteiger partial charge in [-0.1, -0.05) is 48.5 Å². The fourth-order valence-electron chi connectivity index (χ4n) is 3.68. The minimum absolute atomic E-state index is 0.157. The predicted octanol–water partition coefficient (Wildman–Crippen LogP) is 4.20. The van der Waals surface area contributed by atoms with E-state index in [1.807, 2.05) is 54.6 Å². The van der Waals surface area contributed by atoms with Crippen molar-refractivity contribution in [2.24, 2.45) is 0 Å². The minimum Gasteiger partial charge on any atom is -0.488 e. The van der Waals surface area contributed by atoms with E-state index in [1.54, 1.807) is 4.90 Å². The molecular formula is C26H25FN2O4. The Balaban J connectivity index is 1.35. The average molecular weight is 448 g/mol. The molecule has 3 aromatic rings. The molecule has 0 spiro atoms. The number of benzene rings is 3. The van der Waals surface area contributed by atoms with Crippen LogP contribution in [0.15, 0.2) is 78.9 Å². The maximum Gasteiger partial charge on any atom is 0.410 e. The van der Waals surface area contributed by atoms with Crippen molar-refractivity contribution in [3.63, 3.8) is 0 Å².